The van der Waals surface area contributed by atoms with Gasteiger partial charge in [-0.25, -0.2) is 4.98 Å². The number of nitrogens with one attached hydrogen (secondary N) is 3. The van der Waals surface area contributed by atoms with Gasteiger partial charge in [-0.3, -0.25) is 9.89 Å². The topological polar surface area (TPSA) is 131 Å². The minimum absolute atomic E-state index is 0.0351. The summed E-state index contributed by atoms with van der Waals surface area (Å²) in [5.41, 5.74) is 3.47. The molecule has 0 spiro atoms. The van der Waals surface area contributed by atoms with Crippen LogP contribution < -0.4 is 10.6 Å². The number of nitrogens with zero attached hydrogens (tertiary/aromatic N) is 4. The van der Waals surface area contributed by atoms with Crippen LogP contribution in [0.15, 0.2) is 41.1 Å². The zero-order valence-corrected chi connectivity index (χ0v) is 21.0. The first-order valence-corrected chi connectivity index (χ1v) is 12.2. The molecule has 3 aromatic heterocycles. The van der Waals surface area contributed by atoms with Gasteiger partial charge in [0, 0.05) is 30.9 Å². The van der Waals surface area contributed by atoms with E-state index in [1.165, 1.54) is 0 Å². The van der Waals surface area contributed by atoms with Crippen molar-refractivity contribution in [3.8, 4) is 11.1 Å². The number of ether oxygens (including phenoxy) is 1. The van der Waals surface area contributed by atoms with Crippen LogP contribution in [0.3, 0.4) is 0 Å². The molecule has 1 fully saturated rings. The Morgan fingerprint density at radius 3 is 2.58 bits per heavy atom. The van der Waals surface area contributed by atoms with E-state index >= 15 is 0 Å². The van der Waals surface area contributed by atoms with Crippen molar-refractivity contribution >= 4 is 22.8 Å². The highest BCUT2D eigenvalue weighted by atomic mass is 16.5. The molecule has 1 aliphatic rings. The summed E-state index contributed by atoms with van der Waals surface area (Å²) in [6.45, 7) is 9.33. The number of aromatic nitrogens is 5. The lowest BCUT2D eigenvalue weighted by molar-refractivity contribution is 0.0894. The Bertz CT molecular complexity index is 1350. The van der Waals surface area contributed by atoms with Crippen molar-refractivity contribution in [3.63, 3.8) is 0 Å². The van der Waals surface area contributed by atoms with E-state index in [9.17, 15) is 4.79 Å². The molecule has 0 aliphatic carbocycles. The third-order valence-electron chi connectivity index (χ3n) is 6.38. The second kappa shape index (κ2) is 9.69. The van der Waals surface area contributed by atoms with E-state index in [0.717, 1.165) is 59.6 Å². The zero-order chi connectivity index (χ0) is 25.3. The number of amides is 1. The summed E-state index contributed by atoms with van der Waals surface area (Å²) < 4.78 is 10.6. The van der Waals surface area contributed by atoms with Crippen LogP contribution in [-0.2, 0) is 10.2 Å². The molecule has 10 nitrogen and oxygen atoms in total. The van der Waals surface area contributed by atoms with Crippen LogP contribution in [0.4, 0.5) is 5.82 Å². The van der Waals surface area contributed by atoms with Crippen molar-refractivity contribution in [1.82, 2.24) is 30.6 Å². The molecule has 1 saturated heterocycles. The van der Waals surface area contributed by atoms with E-state index in [1.54, 1.807) is 6.20 Å². The van der Waals surface area contributed by atoms with Gasteiger partial charge in [0.05, 0.1) is 11.4 Å². The van der Waals surface area contributed by atoms with Crippen LogP contribution in [0.1, 0.15) is 68.7 Å². The molecule has 0 saturated carbocycles. The Balaban J connectivity index is 1.33. The van der Waals surface area contributed by atoms with E-state index < -0.39 is 5.91 Å². The highest BCUT2D eigenvalue weighted by molar-refractivity contribution is 6.00. The standard InChI is InChI=1S/C26H31N7O3/c1-15(28-23(34)24-30-25(33-36-24)26(2,3)4)16-5-7-17(8-6-16)19-9-12-27-21-20(19)22(32-31-21)29-18-10-13-35-14-11-18/h5-9,12,15,18H,10-11,13-14H2,1-4H3,(H,28,34)(H2,27,29,31,32). The van der Waals surface area contributed by atoms with Gasteiger partial charge in [-0.2, -0.15) is 10.1 Å². The number of aromatic amines is 1. The summed E-state index contributed by atoms with van der Waals surface area (Å²) in [6, 6.07) is 10.2. The lowest BCUT2D eigenvalue weighted by Crippen LogP contribution is -2.28. The van der Waals surface area contributed by atoms with E-state index in [0.29, 0.717) is 11.9 Å². The number of anilines is 1. The van der Waals surface area contributed by atoms with Crippen molar-refractivity contribution in [2.24, 2.45) is 0 Å². The van der Waals surface area contributed by atoms with Crippen LogP contribution in [-0.4, -0.2) is 50.5 Å². The molecule has 1 unspecified atom stereocenters. The summed E-state index contributed by atoms with van der Waals surface area (Å²) in [7, 11) is 0. The smallest absolute Gasteiger partial charge is 0.315 e. The van der Waals surface area contributed by atoms with Crippen LogP contribution in [0.25, 0.3) is 22.2 Å². The van der Waals surface area contributed by atoms with Gasteiger partial charge in [0.1, 0.15) is 0 Å². The predicted octanol–water partition coefficient (Wildman–Crippen LogP) is 4.39. The molecular formula is C26H31N7O3. The fourth-order valence-corrected chi connectivity index (χ4v) is 4.24. The van der Waals surface area contributed by atoms with Gasteiger partial charge in [0.25, 0.3) is 0 Å². The first-order chi connectivity index (χ1) is 17.3. The predicted molar refractivity (Wildman–Crippen MR) is 136 cm³/mol. The molecule has 0 radical (unpaired) electrons. The number of rotatable bonds is 6. The van der Waals surface area contributed by atoms with Gasteiger partial charge in [0.2, 0.25) is 0 Å². The van der Waals surface area contributed by atoms with Crippen LogP contribution >= 0.6 is 0 Å². The Kier molecular flexibility index (Phi) is 6.44. The maximum atomic E-state index is 12.6. The van der Waals surface area contributed by atoms with Gasteiger partial charge in [-0.15, -0.1) is 0 Å². The number of benzene rings is 1. The largest absolute Gasteiger partial charge is 0.381 e. The molecule has 188 valence electrons. The van der Waals surface area contributed by atoms with Gasteiger partial charge >= 0.3 is 11.8 Å². The van der Waals surface area contributed by atoms with E-state index in [-0.39, 0.29) is 17.3 Å². The molecule has 0 bridgehead atoms. The maximum Gasteiger partial charge on any atom is 0.315 e. The third kappa shape index (κ3) is 4.94. The van der Waals surface area contributed by atoms with Crippen molar-refractivity contribution in [3.05, 3.63) is 53.8 Å². The molecular weight excluding hydrogens is 458 g/mol. The normalized spacial score (nSPS) is 15.7. The highest BCUT2D eigenvalue weighted by Gasteiger charge is 2.25. The first kappa shape index (κ1) is 23.9. The lowest BCUT2D eigenvalue weighted by Gasteiger charge is -2.23. The Morgan fingerprint density at radius 2 is 1.89 bits per heavy atom. The Labute approximate surface area is 209 Å². The average molecular weight is 490 g/mol. The van der Waals surface area contributed by atoms with Crippen molar-refractivity contribution < 1.29 is 14.1 Å². The molecule has 3 N–H and O–H groups in total. The fourth-order valence-electron chi connectivity index (χ4n) is 4.24. The van der Waals surface area contributed by atoms with Crippen LogP contribution in [0.5, 0.6) is 0 Å². The van der Waals surface area contributed by atoms with Crippen LogP contribution in [0.2, 0.25) is 0 Å². The quantitative estimate of drug-likeness (QED) is 0.363. The number of fused-ring (bicyclic) bond motifs is 1. The van der Waals surface area contributed by atoms with E-state index in [4.69, 9.17) is 9.26 Å². The monoisotopic (exact) mass is 489 g/mol. The molecule has 4 heterocycles. The van der Waals surface area contributed by atoms with Gasteiger partial charge < -0.3 is 19.9 Å². The molecule has 5 rings (SSSR count). The Morgan fingerprint density at radius 1 is 1.14 bits per heavy atom. The summed E-state index contributed by atoms with van der Waals surface area (Å²) >= 11 is 0. The fraction of sp³-hybridized carbons (Fsp3) is 0.423. The number of H-pyrrole nitrogens is 1. The second-order valence-corrected chi connectivity index (χ2v) is 10.2. The lowest BCUT2D eigenvalue weighted by atomic mass is 9.96. The van der Waals surface area contributed by atoms with Gasteiger partial charge in [-0.05, 0) is 42.5 Å². The summed E-state index contributed by atoms with van der Waals surface area (Å²) in [5, 5.41) is 18.9. The van der Waals surface area contributed by atoms with Gasteiger partial charge in [-0.1, -0.05) is 50.2 Å². The van der Waals surface area contributed by atoms with E-state index in [2.05, 4.69) is 36.0 Å². The summed E-state index contributed by atoms with van der Waals surface area (Å²) in [6.07, 6.45) is 3.67. The van der Waals surface area contributed by atoms with Crippen LogP contribution in [0, 0.1) is 0 Å². The van der Waals surface area contributed by atoms with Crippen molar-refractivity contribution in [2.45, 2.75) is 58.0 Å². The van der Waals surface area contributed by atoms with Gasteiger partial charge in [0.15, 0.2) is 17.3 Å². The van der Waals surface area contributed by atoms with E-state index in [1.807, 2.05) is 58.0 Å². The molecule has 1 amide bonds. The molecule has 1 aromatic carbocycles. The first-order valence-electron chi connectivity index (χ1n) is 12.2. The van der Waals surface area contributed by atoms with Crippen molar-refractivity contribution in [1.29, 1.82) is 0 Å². The third-order valence-corrected chi connectivity index (χ3v) is 6.38. The minimum atomic E-state index is -0.396. The zero-order valence-electron chi connectivity index (χ0n) is 21.0. The number of carbonyl (C=O) groups is 1. The molecule has 1 atom stereocenters. The highest BCUT2D eigenvalue weighted by Crippen LogP contribution is 2.33. The number of hydrogen-bond acceptors (Lipinski definition) is 8. The number of pyridine rings is 1. The number of carbonyl (C=O) groups excluding carboxylic acids is 1. The second-order valence-electron chi connectivity index (χ2n) is 10.2. The SMILES string of the molecule is CC(NC(=O)c1nc(C(C)(C)C)no1)c1ccc(-c2ccnc3[nH]nc(NC4CCOCC4)c23)cc1. The molecule has 1 aliphatic heterocycles. The summed E-state index contributed by atoms with van der Waals surface area (Å²) in [4.78, 5) is 21.3. The summed E-state index contributed by atoms with van der Waals surface area (Å²) in [5.74, 6) is 0.872. The molecule has 4 aromatic rings. The Hall–Kier alpha value is -3.79. The average Bonchev–Trinajstić information content (AvgIpc) is 3.53. The number of hydrogen-bond donors (Lipinski definition) is 3. The maximum absolute atomic E-state index is 12.6. The van der Waals surface area contributed by atoms with Crippen molar-refractivity contribution in [2.75, 3.05) is 18.5 Å². The molecule has 10 heteroatoms. The molecule has 36 heavy (non-hydrogen) atoms. The minimum Gasteiger partial charge on any atom is -0.381 e.